The van der Waals surface area contributed by atoms with Gasteiger partial charge < -0.3 is 28.4 Å². The number of nitrogens with zero attached hydrogens (tertiary/aromatic N) is 2. The monoisotopic (exact) mass is 706 g/mol. The summed E-state index contributed by atoms with van der Waals surface area (Å²) in [5, 5.41) is 0.619. The van der Waals surface area contributed by atoms with E-state index in [1.54, 1.807) is 70.4 Å². The van der Waals surface area contributed by atoms with E-state index in [1.807, 2.05) is 24.3 Å². The Kier molecular flexibility index (Phi) is 11.4. The molecule has 0 unspecified atom stereocenters. The van der Waals surface area contributed by atoms with E-state index < -0.39 is 18.0 Å². The molecule has 1 aliphatic rings. The van der Waals surface area contributed by atoms with E-state index in [0.717, 1.165) is 5.56 Å². The number of esters is 2. The van der Waals surface area contributed by atoms with E-state index in [1.165, 1.54) is 23.0 Å². The molecule has 256 valence electrons. The van der Waals surface area contributed by atoms with Gasteiger partial charge in [0.2, 0.25) is 0 Å². The van der Waals surface area contributed by atoms with Gasteiger partial charge in [-0.2, -0.15) is 0 Å². The van der Waals surface area contributed by atoms with E-state index in [9.17, 15) is 14.4 Å². The van der Waals surface area contributed by atoms with Gasteiger partial charge in [-0.05, 0) is 79.9 Å². The van der Waals surface area contributed by atoms with Gasteiger partial charge in [0.05, 0.1) is 49.3 Å². The van der Waals surface area contributed by atoms with Crippen LogP contribution in [0.5, 0.6) is 23.0 Å². The van der Waals surface area contributed by atoms with Gasteiger partial charge in [-0.15, -0.1) is 0 Å². The number of benzene rings is 3. The fraction of sp³-hybridized carbons (Fsp3) is 0.278. The molecule has 0 saturated carbocycles. The molecular formula is C36H35ClN2O9S. The van der Waals surface area contributed by atoms with Crippen molar-refractivity contribution in [3.8, 4) is 23.0 Å². The van der Waals surface area contributed by atoms with Crippen molar-refractivity contribution in [3.63, 3.8) is 0 Å². The summed E-state index contributed by atoms with van der Waals surface area (Å²) in [7, 11) is 2.81. The van der Waals surface area contributed by atoms with Gasteiger partial charge in [-0.25, -0.2) is 14.6 Å². The summed E-state index contributed by atoms with van der Waals surface area (Å²) in [5.41, 5.74) is 2.44. The zero-order valence-corrected chi connectivity index (χ0v) is 29.2. The maximum absolute atomic E-state index is 14.2. The van der Waals surface area contributed by atoms with Crippen LogP contribution in [0.15, 0.2) is 81.7 Å². The van der Waals surface area contributed by atoms with E-state index in [4.69, 9.17) is 35.3 Å². The van der Waals surface area contributed by atoms with Crippen molar-refractivity contribution in [2.75, 3.05) is 34.0 Å². The summed E-state index contributed by atoms with van der Waals surface area (Å²) >= 11 is 7.30. The molecule has 1 atom stereocenters. The lowest BCUT2D eigenvalue weighted by Gasteiger charge is -2.25. The Morgan fingerprint density at radius 3 is 2.43 bits per heavy atom. The summed E-state index contributed by atoms with van der Waals surface area (Å²) in [6, 6.07) is 16.9. The molecule has 0 fully saturated rings. The minimum atomic E-state index is -0.886. The first-order valence-corrected chi connectivity index (χ1v) is 16.6. The first kappa shape index (κ1) is 35.2. The average Bonchev–Trinajstić information content (AvgIpc) is 3.39. The summed E-state index contributed by atoms with van der Waals surface area (Å²) in [4.78, 5) is 44.3. The molecule has 3 aromatic carbocycles. The van der Waals surface area contributed by atoms with Crippen LogP contribution in [-0.2, 0) is 25.7 Å². The van der Waals surface area contributed by atoms with Crippen molar-refractivity contribution in [2.45, 2.75) is 33.4 Å². The highest BCUT2D eigenvalue weighted by Crippen LogP contribution is 2.36. The number of hydrogen-bond donors (Lipinski definition) is 0. The van der Waals surface area contributed by atoms with Crippen molar-refractivity contribution in [2.24, 2.45) is 4.99 Å². The highest BCUT2D eigenvalue weighted by molar-refractivity contribution is 7.07. The summed E-state index contributed by atoms with van der Waals surface area (Å²) in [6.45, 7) is 5.63. The minimum absolute atomic E-state index is 0.137. The van der Waals surface area contributed by atoms with Crippen LogP contribution in [0.4, 0.5) is 0 Å². The predicted octanol–water partition coefficient (Wildman–Crippen LogP) is 4.99. The fourth-order valence-corrected chi connectivity index (χ4v) is 6.48. The van der Waals surface area contributed by atoms with Crippen LogP contribution in [0, 0.1) is 0 Å². The van der Waals surface area contributed by atoms with Gasteiger partial charge in [0.15, 0.2) is 34.4 Å². The van der Waals surface area contributed by atoms with Crippen molar-refractivity contribution in [1.29, 1.82) is 0 Å². The average molecular weight is 707 g/mol. The molecular weight excluding hydrogens is 672 g/mol. The molecule has 11 nitrogen and oxygen atoms in total. The number of fused-ring (bicyclic) bond motifs is 1. The second-order valence-electron chi connectivity index (χ2n) is 10.6. The van der Waals surface area contributed by atoms with Crippen molar-refractivity contribution >= 4 is 41.0 Å². The van der Waals surface area contributed by atoms with Crippen LogP contribution in [0.25, 0.3) is 6.08 Å². The number of carbonyl (C=O) groups is 2. The molecule has 1 aliphatic heterocycles. The number of hydrogen-bond acceptors (Lipinski definition) is 11. The van der Waals surface area contributed by atoms with Crippen LogP contribution in [0.1, 0.15) is 43.5 Å². The number of allylic oxidation sites excluding steroid dienone is 1. The first-order chi connectivity index (χ1) is 23.7. The smallest absolute Gasteiger partial charge is 0.343 e. The number of rotatable bonds is 13. The van der Waals surface area contributed by atoms with Crippen LogP contribution >= 0.6 is 22.9 Å². The molecule has 0 radical (unpaired) electrons. The van der Waals surface area contributed by atoms with E-state index in [2.05, 4.69) is 9.73 Å². The molecule has 0 saturated heterocycles. The standard InChI is InChI=1S/C36H35ClN2O9S/c1-6-45-29-18-24(12-14-27(29)48-20-31(40)44-5)33-32(35(42)46-7-2)21(3)38-36-39(33)34(41)30(49-36)17-22-11-13-26(28(16-22)43-4)47-19-23-9-8-10-25(37)15-23/h8-18,33H,6-7,19-20H2,1-5H3/b30-17+/t33-/m0/s1. The van der Waals surface area contributed by atoms with Crippen molar-refractivity contribution in [1.82, 2.24) is 4.57 Å². The van der Waals surface area contributed by atoms with Gasteiger partial charge in [0.1, 0.15) is 6.61 Å². The fourth-order valence-electron chi connectivity index (χ4n) is 5.22. The highest BCUT2D eigenvalue weighted by Gasteiger charge is 2.34. The van der Waals surface area contributed by atoms with Crippen LogP contribution in [-0.4, -0.2) is 50.5 Å². The van der Waals surface area contributed by atoms with E-state index in [0.29, 0.717) is 67.4 Å². The summed E-state index contributed by atoms with van der Waals surface area (Å²) in [6.07, 6.45) is 1.74. The SMILES string of the molecule is CCOC(=O)C1=C(C)N=c2s/c(=C/c3ccc(OCc4cccc(Cl)c4)c(OC)c3)c(=O)n2[C@H]1c1ccc(OCC(=O)OC)c(OCC)c1. The normalized spacial score (nSPS) is 14.1. The first-order valence-electron chi connectivity index (χ1n) is 15.4. The number of halogens is 1. The van der Waals surface area contributed by atoms with Gasteiger partial charge in [0.25, 0.3) is 5.56 Å². The molecule has 0 amide bonds. The van der Waals surface area contributed by atoms with Gasteiger partial charge >= 0.3 is 11.9 Å². The minimum Gasteiger partial charge on any atom is -0.493 e. The Morgan fingerprint density at radius 2 is 1.71 bits per heavy atom. The van der Waals surface area contributed by atoms with Crippen molar-refractivity contribution < 1.29 is 38.0 Å². The maximum atomic E-state index is 14.2. The number of thiazole rings is 1. The lowest BCUT2D eigenvalue weighted by atomic mass is 9.95. The molecule has 13 heteroatoms. The quantitative estimate of drug-likeness (QED) is 0.177. The topological polar surface area (TPSA) is 124 Å². The third-order valence-corrected chi connectivity index (χ3v) is 8.66. The molecule has 0 bridgehead atoms. The lowest BCUT2D eigenvalue weighted by Crippen LogP contribution is -2.40. The predicted molar refractivity (Wildman–Crippen MR) is 184 cm³/mol. The molecule has 0 N–H and O–H groups in total. The molecule has 49 heavy (non-hydrogen) atoms. The molecule has 0 aliphatic carbocycles. The van der Waals surface area contributed by atoms with Crippen molar-refractivity contribution in [3.05, 3.63) is 113 Å². The molecule has 4 aromatic rings. The summed E-state index contributed by atoms with van der Waals surface area (Å²) < 4.78 is 35.0. The van der Waals surface area contributed by atoms with Crippen LogP contribution in [0.3, 0.4) is 0 Å². The van der Waals surface area contributed by atoms with E-state index >= 15 is 0 Å². The second-order valence-corrected chi connectivity index (χ2v) is 12.1. The molecule has 0 spiro atoms. The van der Waals surface area contributed by atoms with E-state index in [-0.39, 0.29) is 24.3 Å². The maximum Gasteiger partial charge on any atom is 0.343 e. The summed E-state index contributed by atoms with van der Waals surface area (Å²) in [5.74, 6) is 0.494. The Balaban J connectivity index is 1.56. The second kappa shape index (κ2) is 15.9. The van der Waals surface area contributed by atoms with Gasteiger partial charge in [0, 0.05) is 5.02 Å². The zero-order valence-electron chi connectivity index (χ0n) is 27.6. The highest BCUT2D eigenvalue weighted by atomic mass is 35.5. The molecule has 5 rings (SSSR count). The third-order valence-electron chi connectivity index (χ3n) is 7.44. The number of ether oxygens (including phenoxy) is 6. The number of carbonyl (C=O) groups excluding carboxylic acids is 2. The largest absolute Gasteiger partial charge is 0.493 e. The zero-order chi connectivity index (χ0) is 35.1. The Morgan fingerprint density at radius 1 is 0.939 bits per heavy atom. The lowest BCUT2D eigenvalue weighted by molar-refractivity contribution is -0.143. The number of aromatic nitrogens is 1. The third kappa shape index (κ3) is 7.98. The Hall–Kier alpha value is -5.07. The molecule has 2 heterocycles. The number of methoxy groups -OCH3 is 2. The van der Waals surface area contributed by atoms with Gasteiger partial charge in [-0.1, -0.05) is 47.2 Å². The van der Waals surface area contributed by atoms with Gasteiger partial charge in [-0.3, -0.25) is 9.36 Å². The Labute approximate surface area is 291 Å². The van der Waals surface area contributed by atoms with Crippen LogP contribution in [0.2, 0.25) is 5.02 Å². The molecule has 1 aromatic heterocycles. The van der Waals surface area contributed by atoms with Crippen LogP contribution < -0.4 is 33.8 Å². The Bertz CT molecular complexity index is 2090.